The molecule has 0 radical (unpaired) electrons. The van der Waals surface area contributed by atoms with Gasteiger partial charge in [0.2, 0.25) is 0 Å². The fourth-order valence-corrected chi connectivity index (χ4v) is 4.08. The van der Waals surface area contributed by atoms with Gasteiger partial charge >= 0.3 is 0 Å². The first-order chi connectivity index (χ1) is 16.3. The molecule has 0 unspecified atom stereocenters. The number of hydrogen-bond donors (Lipinski definition) is 1. The van der Waals surface area contributed by atoms with E-state index in [2.05, 4.69) is 47.3 Å². The number of anilines is 1. The van der Waals surface area contributed by atoms with Crippen LogP contribution in [0.4, 0.5) is 5.69 Å². The Morgan fingerprint density at radius 2 is 1.85 bits per heavy atom. The molecule has 172 valence electrons. The van der Waals surface area contributed by atoms with E-state index >= 15 is 0 Å². The van der Waals surface area contributed by atoms with Crippen LogP contribution in [0.25, 0.3) is 10.9 Å². The minimum atomic E-state index is -0.258. The van der Waals surface area contributed by atoms with Crippen molar-refractivity contribution in [2.75, 3.05) is 11.9 Å². The van der Waals surface area contributed by atoms with E-state index in [1.807, 2.05) is 37.3 Å². The van der Waals surface area contributed by atoms with Gasteiger partial charge in [-0.2, -0.15) is 9.78 Å². The predicted molar refractivity (Wildman–Crippen MR) is 141 cm³/mol. The van der Waals surface area contributed by atoms with Crippen molar-refractivity contribution in [3.8, 4) is 5.75 Å². The summed E-state index contributed by atoms with van der Waals surface area (Å²) in [4.78, 5) is 29.5. The number of rotatable bonds is 6. The van der Waals surface area contributed by atoms with Crippen LogP contribution in [-0.2, 0) is 4.79 Å². The topological polar surface area (TPSA) is 85.6 Å². The van der Waals surface area contributed by atoms with Crippen LogP contribution >= 0.6 is 31.9 Å². The zero-order valence-electron chi connectivity index (χ0n) is 18.4. The number of ether oxygens (including phenoxy) is 1. The van der Waals surface area contributed by atoms with Crippen molar-refractivity contribution in [2.45, 2.75) is 13.8 Å². The van der Waals surface area contributed by atoms with E-state index in [-0.39, 0.29) is 18.1 Å². The SMILES string of the molecule is Cc1ccc(NC(=O)COc2ccc(C=Nn3c(C)nc4ccc(Br)cc4c3=O)cc2Br)cc1. The Bertz CT molecular complexity index is 1460. The summed E-state index contributed by atoms with van der Waals surface area (Å²) in [5, 5.41) is 7.60. The zero-order valence-corrected chi connectivity index (χ0v) is 21.6. The van der Waals surface area contributed by atoms with Gasteiger partial charge in [0.1, 0.15) is 11.6 Å². The van der Waals surface area contributed by atoms with E-state index < -0.39 is 0 Å². The normalized spacial score (nSPS) is 11.2. The van der Waals surface area contributed by atoms with Crippen molar-refractivity contribution in [1.82, 2.24) is 9.66 Å². The number of aryl methyl sites for hydroxylation is 2. The van der Waals surface area contributed by atoms with Gasteiger partial charge in [0.05, 0.1) is 21.6 Å². The van der Waals surface area contributed by atoms with E-state index in [0.717, 1.165) is 15.6 Å². The minimum absolute atomic E-state index is 0.132. The van der Waals surface area contributed by atoms with Crippen molar-refractivity contribution in [1.29, 1.82) is 0 Å². The molecule has 1 aromatic heterocycles. The molecule has 3 aromatic carbocycles. The lowest BCUT2D eigenvalue weighted by Crippen LogP contribution is -2.20. The number of benzene rings is 3. The average molecular weight is 584 g/mol. The molecule has 7 nitrogen and oxygen atoms in total. The maximum absolute atomic E-state index is 12.9. The molecule has 1 amide bonds. The highest BCUT2D eigenvalue weighted by Gasteiger charge is 2.09. The Morgan fingerprint density at radius 3 is 2.59 bits per heavy atom. The Balaban J connectivity index is 1.45. The number of carbonyl (C=O) groups is 1. The third kappa shape index (κ3) is 5.60. The quantitative estimate of drug-likeness (QED) is 0.306. The third-order valence-corrected chi connectivity index (χ3v) is 6.06. The number of hydrogen-bond acceptors (Lipinski definition) is 5. The summed E-state index contributed by atoms with van der Waals surface area (Å²) in [6.45, 7) is 3.58. The van der Waals surface area contributed by atoms with Crippen molar-refractivity contribution < 1.29 is 9.53 Å². The molecule has 9 heteroatoms. The van der Waals surface area contributed by atoms with Crippen LogP contribution in [0.3, 0.4) is 0 Å². The Hall–Kier alpha value is -3.30. The van der Waals surface area contributed by atoms with Crippen molar-refractivity contribution in [2.24, 2.45) is 5.10 Å². The molecular formula is C25H20Br2N4O3. The van der Waals surface area contributed by atoms with Crippen LogP contribution in [-0.4, -0.2) is 28.4 Å². The Kier molecular flexibility index (Phi) is 7.23. The molecule has 1 N–H and O–H groups in total. The second-order valence-corrected chi connectivity index (χ2v) is 9.34. The Morgan fingerprint density at radius 1 is 1.09 bits per heavy atom. The summed E-state index contributed by atoms with van der Waals surface area (Å²) in [5.74, 6) is 0.739. The molecule has 4 aromatic rings. The average Bonchev–Trinajstić information content (AvgIpc) is 2.80. The molecule has 0 aliphatic carbocycles. The number of nitrogens with one attached hydrogen (secondary N) is 1. The zero-order chi connectivity index (χ0) is 24.2. The molecule has 0 atom stereocenters. The second-order valence-electron chi connectivity index (χ2n) is 7.57. The first kappa shape index (κ1) is 23.8. The smallest absolute Gasteiger partial charge is 0.282 e. The van der Waals surface area contributed by atoms with Crippen molar-refractivity contribution in [3.05, 3.63) is 96.9 Å². The lowest BCUT2D eigenvalue weighted by molar-refractivity contribution is -0.118. The van der Waals surface area contributed by atoms with Crippen molar-refractivity contribution >= 4 is 60.6 Å². The number of amides is 1. The second kappa shape index (κ2) is 10.3. The first-order valence-corrected chi connectivity index (χ1v) is 11.9. The molecule has 0 saturated carbocycles. The van der Waals surface area contributed by atoms with E-state index in [9.17, 15) is 9.59 Å². The Labute approximate surface area is 212 Å². The molecular weight excluding hydrogens is 564 g/mol. The van der Waals surface area contributed by atoms with E-state index in [0.29, 0.717) is 32.6 Å². The number of aromatic nitrogens is 2. The number of fused-ring (bicyclic) bond motifs is 1. The van der Waals surface area contributed by atoms with E-state index in [1.54, 1.807) is 43.5 Å². The highest BCUT2D eigenvalue weighted by Crippen LogP contribution is 2.25. The van der Waals surface area contributed by atoms with Gasteiger partial charge in [0, 0.05) is 10.2 Å². The molecule has 0 aliphatic rings. The molecule has 0 fully saturated rings. The number of nitrogens with zero attached hydrogens (tertiary/aromatic N) is 3. The van der Waals surface area contributed by atoms with Gasteiger partial charge in [-0.1, -0.05) is 33.6 Å². The molecule has 0 aliphatic heterocycles. The highest BCUT2D eigenvalue weighted by molar-refractivity contribution is 9.10. The van der Waals surface area contributed by atoms with Crippen molar-refractivity contribution in [3.63, 3.8) is 0 Å². The fourth-order valence-electron chi connectivity index (χ4n) is 3.21. The van der Waals surface area contributed by atoms with E-state index in [4.69, 9.17) is 4.74 Å². The monoisotopic (exact) mass is 582 g/mol. The molecule has 1 heterocycles. The van der Waals surface area contributed by atoms with Gasteiger partial charge in [0.15, 0.2) is 6.61 Å². The summed E-state index contributed by atoms with van der Waals surface area (Å²) >= 11 is 6.85. The molecule has 0 spiro atoms. The number of halogens is 2. The van der Waals surface area contributed by atoms with Crippen LogP contribution in [0.2, 0.25) is 0 Å². The maximum atomic E-state index is 12.9. The standard InChI is InChI=1S/C25H20Br2N4O3/c1-15-3-7-19(8-4-15)30-24(32)14-34-23-10-5-17(11-21(23)27)13-28-31-16(2)29-22-9-6-18(26)12-20(22)25(31)33/h3-13H,14H2,1-2H3,(H,30,32). The van der Waals surface area contributed by atoms with Gasteiger partial charge in [-0.25, -0.2) is 4.98 Å². The van der Waals surface area contributed by atoms with Crippen LogP contribution in [0.5, 0.6) is 5.75 Å². The molecule has 34 heavy (non-hydrogen) atoms. The van der Waals surface area contributed by atoms with Gasteiger partial charge in [-0.3, -0.25) is 9.59 Å². The number of carbonyl (C=O) groups excluding carboxylic acids is 1. The van der Waals surface area contributed by atoms with Crippen LogP contribution in [0.1, 0.15) is 17.0 Å². The highest BCUT2D eigenvalue weighted by atomic mass is 79.9. The van der Waals surface area contributed by atoms with Gasteiger partial charge in [0.25, 0.3) is 11.5 Å². The van der Waals surface area contributed by atoms with Crippen LogP contribution in [0, 0.1) is 13.8 Å². The molecule has 4 rings (SSSR count). The lowest BCUT2D eigenvalue weighted by atomic mass is 10.2. The van der Waals surface area contributed by atoms with Gasteiger partial charge in [-0.05, 0) is 83.9 Å². The van der Waals surface area contributed by atoms with Crippen LogP contribution < -0.4 is 15.6 Å². The largest absolute Gasteiger partial charge is 0.483 e. The summed E-state index contributed by atoms with van der Waals surface area (Å²) in [6, 6.07) is 18.2. The summed E-state index contributed by atoms with van der Waals surface area (Å²) in [5.41, 5.74) is 2.94. The minimum Gasteiger partial charge on any atom is -0.483 e. The summed E-state index contributed by atoms with van der Waals surface area (Å²) in [6.07, 6.45) is 1.57. The first-order valence-electron chi connectivity index (χ1n) is 10.3. The summed E-state index contributed by atoms with van der Waals surface area (Å²) in [7, 11) is 0. The maximum Gasteiger partial charge on any atom is 0.282 e. The van der Waals surface area contributed by atoms with E-state index in [1.165, 1.54) is 4.68 Å². The van der Waals surface area contributed by atoms with Gasteiger partial charge < -0.3 is 10.1 Å². The third-order valence-electron chi connectivity index (χ3n) is 4.94. The fraction of sp³-hybridized carbons (Fsp3) is 0.120. The predicted octanol–water partition coefficient (Wildman–Crippen LogP) is 5.44. The van der Waals surface area contributed by atoms with Crippen LogP contribution in [0.15, 0.2) is 79.5 Å². The van der Waals surface area contributed by atoms with Gasteiger partial charge in [-0.15, -0.1) is 0 Å². The molecule has 0 bridgehead atoms. The molecule has 0 saturated heterocycles. The lowest BCUT2D eigenvalue weighted by Gasteiger charge is -2.10. The summed E-state index contributed by atoms with van der Waals surface area (Å²) < 4.78 is 8.36.